The zero-order valence-electron chi connectivity index (χ0n) is 9.86. The van der Waals surface area contributed by atoms with E-state index in [1.807, 2.05) is 18.5 Å². The molecule has 0 bridgehead atoms. The van der Waals surface area contributed by atoms with Gasteiger partial charge in [0.05, 0.1) is 6.10 Å². The summed E-state index contributed by atoms with van der Waals surface area (Å²) in [4.78, 5) is 4.16. The highest BCUT2D eigenvalue weighted by Crippen LogP contribution is 2.18. The van der Waals surface area contributed by atoms with Crippen molar-refractivity contribution < 1.29 is 4.74 Å². The standard InChI is InChI=1S/C13H20N2O/c1-2-15-12(13-6-4-8-16-13)9-11-5-3-7-14-10-11/h3,5,7,10,12-13,15H,2,4,6,8-9H2,1H3. The lowest BCUT2D eigenvalue weighted by molar-refractivity contribution is 0.0789. The van der Waals surface area contributed by atoms with E-state index in [4.69, 9.17) is 4.74 Å². The van der Waals surface area contributed by atoms with Crippen LogP contribution in [0.2, 0.25) is 0 Å². The molecule has 1 saturated heterocycles. The lowest BCUT2D eigenvalue weighted by Gasteiger charge is -2.23. The topological polar surface area (TPSA) is 34.2 Å². The lowest BCUT2D eigenvalue weighted by Crippen LogP contribution is -2.41. The van der Waals surface area contributed by atoms with Crippen molar-refractivity contribution in [3.8, 4) is 0 Å². The molecule has 3 heteroatoms. The first kappa shape index (κ1) is 11.6. The van der Waals surface area contributed by atoms with Crippen LogP contribution in [0.3, 0.4) is 0 Å². The molecule has 2 rings (SSSR count). The molecule has 1 aliphatic heterocycles. The van der Waals surface area contributed by atoms with Gasteiger partial charge in [0.25, 0.3) is 0 Å². The van der Waals surface area contributed by atoms with E-state index >= 15 is 0 Å². The Kier molecular flexibility index (Phi) is 4.31. The molecule has 1 aliphatic rings. The molecule has 3 nitrogen and oxygen atoms in total. The normalized spacial score (nSPS) is 22.2. The summed E-state index contributed by atoms with van der Waals surface area (Å²) in [6, 6.07) is 4.55. The molecule has 1 N–H and O–H groups in total. The van der Waals surface area contributed by atoms with Gasteiger partial charge in [-0.1, -0.05) is 13.0 Å². The minimum absolute atomic E-state index is 0.375. The molecule has 1 aromatic heterocycles. The SMILES string of the molecule is CCNC(Cc1cccnc1)C1CCCO1. The Balaban J connectivity index is 1.96. The zero-order chi connectivity index (χ0) is 11.2. The second-order valence-electron chi connectivity index (χ2n) is 4.28. The zero-order valence-corrected chi connectivity index (χ0v) is 9.86. The molecule has 0 radical (unpaired) electrons. The molecule has 0 aromatic carbocycles. The van der Waals surface area contributed by atoms with Gasteiger partial charge in [0.1, 0.15) is 0 Å². The number of nitrogens with one attached hydrogen (secondary N) is 1. The summed E-state index contributed by atoms with van der Waals surface area (Å²) in [6.45, 7) is 4.05. The fourth-order valence-corrected chi connectivity index (χ4v) is 2.29. The molecule has 0 amide bonds. The maximum atomic E-state index is 5.76. The summed E-state index contributed by atoms with van der Waals surface area (Å²) in [7, 11) is 0. The number of hydrogen-bond donors (Lipinski definition) is 1. The van der Waals surface area contributed by atoms with Crippen LogP contribution in [-0.2, 0) is 11.2 Å². The molecule has 0 aliphatic carbocycles. The smallest absolute Gasteiger partial charge is 0.0732 e. The van der Waals surface area contributed by atoms with E-state index in [2.05, 4.69) is 23.3 Å². The van der Waals surface area contributed by atoms with Crippen LogP contribution >= 0.6 is 0 Å². The van der Waals surface area contributed by atoms with Crippen molar-refractivity contribution in [1.82, 2.24) is 10.3 Å². The van der Waals surface area contributed by atoms with Crippen LogP contribution < -0.4 is 5.32 Å². The number of nitrogens with zero attached hydrogens (tertiary/aromatic N) is 1. The van der Waals surface area contributed by atoms with Gasteiger partial charge in [-0.2, -0.15) is 0 Å². The quantitative estimate of drug-likeness (QED) is 0.821. The molecule has 2 atom stereocenters. The van der Waals surface area contributed by atoms with E-state index in [1.165, 1.54) is 18.4 Å². The first-order chi connectivity index (χ1) is 7.90. The third kappa shape index (κ3) is 3.03. The highest BCUT2D eigenvalue weighted by Gasteiger charge is 2.25. The van der Waals surface area contributed by atoms with E-state index in [0.717, 1.165) is 19.6 Å². The van der Waals surface area contributed by atoms with Crippen molar-refractivity contribution >= 4 is 0 Å². The highest BCUT2D eigenvalue weighted by atomic mass is 16.5. The molecule has 16 heavy (non-hydrogen) atoms. The second kappa shape index (κ2) is 5.97. The van der Waals surface area contributed by atoms with Gasteiger partial charge in [0, 0.05) is 25.0 Å². The number of hydrogen-bond acceptors (Lipinski definition) is 3. The summed E-state index contributed by atoms with van der Waals surface area (Å²) in [5.41, 5.74) is 1.28. The number of pyridine rings is 1. The Morgan fingerprint density at radius 2 is 2.56 bits per heavy atom. The fraction of sp³-hybridized carbons (Fsp3) is 0.615. The monoisotopic (exact) mass is 220 g/mol. The van der Waals surface area contributed by atoms with E-state index in [1.54, 1.807) is 0 Å². The van der Waals surface area contributed by atoms with Crippen molar-refractivity contribution in [1.29, 1.82) is 0 Å². The lowest BCUT2D eigenvalue weighted by atomic mass is 10.0. The van der Waals surface area contributed by atoms with Gasteiger partial charge in [-0.05, 0) is 37.4 Å². The molecule has 1 aromatic rings. The van der Waals surface area contributed by atoms with Gasteiger partial charge >= 0.3 is 0 Å². The van der Waals surface area contributed by atoms with Gasteiger partial charge in [-0.25, -0.2) is 0 Å². The minimum Gasteiger partial charge on any atom is -0.377 e. The average molecular weight is 220 g/mol. The van der Waals surface area contributed by atoms with Gasteiger partial charge < -0.3 is 10.1 Å². The van der Waals surface area contributed by atoms with Gasteiger partial charge in [0.2, 0.25) is 0 Å². The first-order valence-electron chi connectivity index (χ1n) is 6.14. The van der Waals surface area contributed by atoms with Crippen molar-refractivity contribution in [3.05, 3.63) is 30.1 Å². The van der Waals surface area contributed by atoms with E-state index < -0.39 is 0 Å². The summed E-state index contributed by atoms with van der Waals surface area (Å²) in [5, 5.41) is 3.52. The molecule has 1 fully saturated rings. The van der Waals surface area contributed by atoms with E-state index in [-0.39, 0.29) is 0 Å². The molecule has 0 saturated carbocycles. The molecule has 2 heterocycles. The minimum atomic E-state index is 0.375. The van der Waals surface area contributed by atoms with Gasteiger partial charge in [-0.15, -0.1) is 0 Å². The Hall–Kier alpha value is -0.930. The highest BCUT2D eigenvalue weighted by molar-refractivity contribution is 5.11. The van der Waals surface area contributed by atoms with Crippen LogP contribution in [0, 0.1) is 0 Å². The van der Waals surface area contributed by atoms with Gasteiger partial charge in [0.15, 0.2) is 0 Å². The van der Waals surface area contributed by atoms with Crippen LogP contribution in [0.1, 0.15) is 25.3 Å². The predicted octanol–water partition coefficient (Wildman–Crippen LogP) is 1.78. The Bertz CT molecular complexity index is 296. The van der Waals surface area contributed by atoms with E-state index in [9.17, 15) is 0 Å². The summed E-state index contributed by atoms with van der Waals surface area (Å²) in [5.74, 6) is 0. The Morgan fingerprint density at radius 1 is 1.62 bits per heavy atom. The fourth-order valence-electron chi connectivity index (χ4n) is 2.29. The molecular weight excluding hydrogens is 200 g/mol. The summed E-state index contributed by atoms with van der Waals surface area (Å²) < 4.78 is 5.76. The van der Waals surface area contributed by atoms with Crippen molar-refractivity contribution in [2.45, 2.75) is 38.3 Å². The number of likely N-dealkylation sites (N-methyl/N-ethyl adjacent to an activating group) is 1. The van der Waals surface area contributed by atoms with Gasteiger partial charge in [-0.3, -0.25) is 4.98 Å². The van der Waals surface area contributed by atoms with Crippen molar-refractivity contribution in [2.75, 3.05) is 13.2 Å². The largest absolute Gasteiger partial charge is 0.377 e. The first-order valence-corrected chi connectivity index (χ1v) is 6.14. The van der Waals surface area contributed by atoms with Crippen LogP contribution in [0.25, 0.3) is 0 Å². The molecule has 88 valence electrons. The van der Waals surface area contributed by atoms with Crippen molar-refractivity contribution in [2.24, 2.45) is 0 Å². The molecule has 0 spiro atoms. The second-order valence-corrected chi connectivity index (χ2v) is 4.28. The van der Waals surface area contributed by atoms with Crippen molar-refractivity contribution in [3.63, 3.8) is 0 Å². The third-order valence-electron chi connectivity index (χ3n) is 3.06. The predicted molar refractivity (Wildman–Crippen MR) is 64.4 cm³/mol. The molecule has 2 unspecified atom stereocenters. The third-order valence-corrected chi connectivity index (χ3v) is 3.06. The maximum absolute atomic E-state index is 5.76. The molecular formula is C13H20N2O. The maximum Gasteiger partial charge on any atom is 0.0732 e. The van der Waals surface area contributed by atoms with Crippen LogP contribution in [0.15, 0.2) is 24.5 Å². The van der Waals surface area contributed by atoms with E-state index in [0.29, 0.717) is 12.1 Å². The van der Waals surface area contributed by atoms with Crippen LogP contribution in [-0.4, -0.2) is 30.3 Å². The number of aromatic nitrogens is 1. The summed E-state index contributed by atoms with van der Waals surface area (Å²) in [6.07, 6.45) is 7.52. The van der Waals surface area contributed by atoms with Crippen LogP contribution in [0.5, 0.6) is 0 Å². The Morgan fingerprint density at radius 3 is 3.19 bits per heavy atom. The number of ether oxygens (including phenoxy) is 1. The number of rotatable bonds is 5. The van der Waals surface area contributed by atoms with Crippen LogP contribution in [0.4, 0.5) is 0 Å². The Labute approximate surface area is 97.2 Å². The average Bonchev–Trinajstić information content (AvgIpc) is 2.83. The summed E-state index contributed by atoms with van der Waals surface area (Å²) >= 11 is 0.